The lowest BCUT2D eigenvalue weighted by molar-refractivity contribution is 0.102. The average molecular weight is 439 g/mol. The standard InChI is InChI=1S/C25H21N5O3/c31-23(19-8-2-1-3-9-19)27-21-11-5-12-22(16-21)29-24(32)28-20-10-4-7-18(15-20)17-30-14-6-13-26-25(30)33/h1-16H,17H2,(H,27,31)(H2,28,29,32). The molecule has 3 N–H and O–H groups in total. The molecule has 0 aliphatic carbocycles. The predicted molar refractivity (Wildman–Crippen MR) is 128 cm³/mol. The molecule has 164 valence electrons. The number of rotatable bonds is 6. The maximum absolute atomic E-state index is 12.5. The average Bonchev–Trinajstić information content (AvgIpc) is 2.81. The molecule has 8 nitrogen and oxygen atoms in total. The van der Waals surface area contributed by atoms with E-state index >= 15 is 0 Å². The van der Waals surface area contributed by atoms with Gasteiger partial charge in [-0.15, -0.1) is 0 Å². The fourth-order valence-corrected chi connectivity index (χ4v) is 3.21. The van der Waals surface area contributed by atoms with Crippen LogP contribution in [0.4, 0.5) is 21.9 Å². The summed E-state index contributed by atoms with van der Waals surface area (Å²) in [5.74, 6) is -0.235. The highest BCUT2D eigenvalue weighted by atomic mass is 16.2. The number of benzene rings is 3. The van der Waals surface area contributed by atoms with Gasteiger partial charge in [0, 0.05) is 35.0 Å². The summed E-state index contributed by atoms with van der Waals surface area (Å²) in [6.45, 7) is 0.340. The van der Waals surface area contributed by atoms with Crippen molar-refractivity contribution in [1.29, 1.82) is 0 Å². The predicted octanol–water partition coefficient (Wildman–Crippen LogP) is 4.19. The molecule has 3 aromatic carbocycles. The van der Waals surface area contributed by atoms with Crippen LogP contribution in [-0.4, -0.2) is 21.5 Å². The van der Waals surface area contributed by atoms with Gasteiger partial charge < -0.3 is 16.0 Å². The Morgan fingerprint density at radius 3 is 2.15 bits per heavy atom. The van der Waals surface area contributed by atoms with E-state index in [9.17, 15) is 14.4 Å². The highest BCUT2D eigenvalue weighted by Crippen LogP contribution is 2.17. The zero-order valence-corrected chi connectivity index (χ0v) is 17.6. The second kappa shape index (κ2) is 10.1. The number of hydrogen-bond acceptors (Lipinski definition) is 4. The number of anilines is 3. The van der Waals surface area contributed by atoms with Crippen molar-refractivity contribution >= 4 is 29.0 Å². The van der Waals surface area contributed by atoms with E-state index in [0.29, 0.717) is 29.2 Å². The minimum absolute atomic E-state index is 0.235. The van der Waals surface area contributed by atoms with Crippen molar-refractivity contribution in [3.63, 3.8) is 0 Å². The van der Waals surface area contributed by atoms with Crippen molar-refractivity contribution in [2.24, 2.45) is 0 Å². The minimum atomic E-state index is -0.433. The van der Waals surface area contributed by atoms with Crippen molar-refractivity contribution in [3.05, 3.63) is 119 Å². The fraction of sp³-hybridized carbons (Fsp3) is 0.0400. The third-order valence-corrected chi connectivity index (χ3v) is 4.73. The summed E-state index contributed by atoms with van der Waals surface area (Å²) in [7, 11) is 0. The molecular formula is C25H21N5O3. The quantitative estimate of drug-likeness (QED) is 0.419. The lowest BCUT2D eigenvalue weighted by Crippen LogP contribution is -2.22. The molecule has 0 saturated carbocycles. The lowest BCUT2D eigenvalue weighted by Gasteiger charge is -2.11. The Morgan fingerprint density at radius 2 is 1.42 bits per heavy atom. The van der Waals surface area contributed by atoms with Crippen molar-refractivity contribution < 1.29 is 9.59 Å². The van der Waals surface area contributed by atoms with Crippen LogP contribution in [0, 0.1) is 0 Å². The van der Waals surface area contributed by atoms with Crippen molar-refractivity contribution in [2.75, 3.05) is 16.0 Å². The summed E-state index contributed by atoms with van der Waals surface area (Å²) in [5, 5.41) is 8.35. The zero-order chi connectivity index (χ0) is 23.0. The van der Waals surface area contributed by atoms with Crippen LogP contribution in [0.25, 0.3) is 0 Å². The number of carbonyl (C=O) groups excluding carboxylic acids is 2. The fourth-order valence-electron chi connectivity index (χ4n) is 3.21. The number of carbonyl (C=O) groups is 2. The third-order valence-electron chi connectivity index (χ3n) is 4.73. The maximum Gasteiger partial charge on any atom is 0.347 e. The van der Waals surface area contributed by atoms with Gasteiger partial charge in [-0.25, -0.2) is 14.6 Å². The molecule has 0 atom stereocenters. The Hall–Kier alpha value is -4.72. The molecule has 0 fully saturated rings. The maximum atomic E-state index is 12.5. The Kier molecular flexibility index (Phi) is 6.56. The molecule has 1 heterocycles. The molecule has 4 aromatic rings. The summed E-state index contributed by atoms with van der Waals surface area (Å²) in [4.78, 5) is 40.4. The number of urea groups is 1. The number of nitrogens with zero attached hydrogens (tertiary/aromatic N) is 2. The molecule has 0 spiro atoms. The van der Waals surface area contributed by atoms with E-state index in [0.717, 1.165) is 5.56 Å². The summed E-state index contributed by atoms with van der Waals surface area (Å²) in [6, 6.07) is 24.2. The van der Waals surface area contributed by atoms with Crippen LogP contribution >= 0.6 is 0 Å². The SMILES string of the molecule is O=C(Nc1cccc(Cn2cccnc2=O)c1)Nc1cccc(NC(=O)c2ccccc2)c1. The first kappa shape index (κ1) is 21.5. The summed E-state index contributed by atoms with van der Waals surface area (Å²) >= 11 is 0. The Labute approximate surface area is 189 Å². The molecule has 1 aromatic heterocycles. The zero-order valence-electron chi connectivity index (χ0n) is 17.6. The third kappa shape index (κ3) is 5.92. The van der Waals surface area contributed by atoms with Gasteiger partial charge in [-0.2, -0.15) is 0 Å². The molecular weight excluding hydrogens is 418 g/mol. The van der Waals surface area contributed by atoms with Crippen LogP contribution in [0.15, 0.2) is 102 Å². The molecule has 3 amide bonds. The van der Waals surface area contributed by atoms with Gasteiger partial charge >= 0.3 is 11.7 Å². The van der Waals surface area contributed by atoms with Gasteiger partial charge in [-0.3, -0.25) is 9.36 Å². The van der Waals surface area contributed by atoms with Gasteiger partial charge in [-0.1, -0.05) is 36.4 Å². The highest BCUT2D eigenvalue weighted by molar-refractivity contribution is 6.05. The molecule has 0 saturated heterocycles. The molecule has 0 aliphatic heterocycles. The van der Waals surface area contributed by atoms with Gasteiger partial charge in [0.1, 0.15) is 0 Å². The van der Waals surface area contributed by atoms with E-state index in [-0.39, 0.29) is 11.6 Å². The van der Waals surface area contributed by atoms with Gasteiger partial charge in [0.15, 0.2) is 0 Å². The lowest BCUT2D eigenvalue weighted by atomic mass is 10.2. The second-order valence-corrected chi connectivity index (χ2v) is 7.21. The molecule has 8 heteroatoms. The summed E-state index contributed by atoms with van der Waals surface area (Å²) in [6.07, 6.45) is 3.11. The van der Waals surface area contributed by atoms with Crippen LogP contribution in [0.5, 0.6) is 0 Å². The molecule has 0 bridgehead atoms. The number of amides is 3. The number of aromatic nitrogens is 2. The topological polar surface area (TPSA) is 105 Å². The molecule has 33 heavy (non-hydrogen) atoms. The van der Waals surface area contributed by atoms with Gasteiger partial charge in [0.2, 0.25) is 0 Å². The largest absolute Gasteiger partial charge is 0.347 e. The minimum Gasteiger partial charge on any atom is -0.322 e. The van der Waals surface area contributed by atoms with Crippen LogP contribution < -0.4 is 21.6 Å². The molecule has 4 rings (SSSR count). The Balaban J connectivity index is 1.38. The van der Waals surface area contributed by atoms with Crippen LogP contribution in [0.2, 0.25) is 0 Å². The van der Waals surface area contributed by atoms with Crippen LogP contribution in [0.3, 0.4) is 0 Å². The Morgan fingerprint density at radius 1 is 0.758 bits per heavy atom. The highest BCUT2D eigenvalue weighted by Gasteiger charge is 2.08. The van der Waals surface area contributed by atoms with Crippen LogP contribution in [0.1, 0.15) is 15.9 Å². The number of nitrogens with one attached hydrogen (secondary N) is 3. The van der Waals surface area contributed by atoms with E-state index in [4.69, 9.17) is 0 Å². The summed E-state index contributed by atoms with van der Waals surface area (Å²) in [5.41, 5.74) is 2.71. The number of hydrogen-bond donors (Lipinski definition) is 3. The van der Waals surface area contributed by atoms with E-state index in [1.807, 2.05) is 12.1 Å². The monoisotopic (exact) mass is 439 g/mol. The van der Waals surface area contributed by atoms with Crippen molar-refractivity contribution in [2.45, 2.75) is 6.54 Å². The molecule has 0 unspecified atom stereocenters. The second-order valence-electron chi connectivity index (χ2n) is 7.21. The Bertz CT molecular complexity index is 1330. The van der Waals surface area contributed by atoms with Gasteiger partial charge in [0.25, 0.3) is 5.91 Å². The van der Waals surface area contributed by atoms with Crippen LogP contribution in [-0.2, 0) is 6.54 Å². The summed E-state index contributed by atoms with van der Waals surface area (Å²) < 4.78 is 1.48. The smallest absolute Gasteiger partial charge is 0.322 e. The molecule has 0 aliphatic rings. The van der Waals surface area contributed by atoms with Crippen molar-refractivity contribution in [3.8, 4) is 0 Å². The van der Waals surface area contributed by atoms with E-state index in [1.165, 1.54) is 10.8 Å². The first-order valence-corrected chi connectivity index (χ1v) is 10.2. The normalized spacial score (nSPS) is 10.3. The van der Waals surface area contributed by atoms with Crippen molar-refractivity contribution in [1.82, 2.24) is 9.55 Å². The van der Waals surface area contributed by atoms with E-state index in [1.54, 1.807) is 79.0 Å². The molecule has 0 radical (unpaired) electrons. The van der Waals surface area contributed by atoms with E-state index in [2.05, 4.69) is 20.9 Å². The van der Waals surface area contributed by atoms with Gasteiger partial charge in [-0.05, 0) is 54.1 Å². The first-order valence-electron chi connectivity index (χ1n) is 10.2. The first-order chi connectivity index (χ1) is 16.1. The van der Waals surface area contributed by atoms with E-state index < -0.39 is 6.03 Å². The van der Waals surface area contributed by atoms with Gasteiger partial charge in [0.05, 0.1) is 6.54 Å².